The molecule has 0 aliphatic heterocycles. The minimum absolute atomic E-state index is 0.229. The molecule has 4 heteroatoms. The number of esters is 1. The lowest BCUT2D eigenvalue weighted by molar-refractivity contribution is -0.130. The first-order valence-corrected chi connectivity index (χ1v) is 9.34. The summed E-state index contributed by atoms with van der Waals surface area (Å²) in [5, 5.41) is 0. The Morgan fingerprint density at radius 3 is 2.41 bits per heavy atom. The van der Waals surface area contributed by atoms with E-state index in [9.17, 15) is 9.18 Å². The third kappa shape index (κ3) is 6.33. The van der Waals surface area contributed by atoms with Crippen LogP contribution in [0.25, 0.3) is 11.1 Å². The highest BCUT2D eigenvalue weighted by atomic mass is 19.1. The highest BCUT2D eigenvalue weighted by molar-refractivity contribution is 5.90. The number of hydrogen-bond acceptors (Lipinski definition) is 3. The Bertz CT molecular complexity index is 781. The summed E-state index contributed by atoms with van der Waals surface area (Å²) in [5.74, 6) is -0.271. The zero-order chi connectivity index (χ0) is 19.8. The lowest BCUT2D eigenvalue weighted by Gasteiger charge is -2.12. The second-order valence-electron chi connectivity index (χ2n) is 7.03. The lowest BCUT2D eigenvalue weighted by atomic mass is 10.0. The van der Waals surface area contributed by atoms with E-state index in [0.29, 0.717) is 23.4 Å². The van der Waals surface area contributed by atoms with Crippen LogP contribution in [0.2, 0.25) is 0 Å². The van der Waals surface area contributed by atoms with Gasteiger partial charge in [-0.3, -0.25) is 0 Å². The van der Waals surface area contributed by atoms with Crippen LogP contribution < -0.4 is 4.74 Å². The molecule has 0 amide bonds. The maximum atomic E-state index is 14.5. The van der Waals surface area contributed by atoms with Crippen molar-refractivity contribution in [3.05, 3.63) is 66.0 Å². The molecule has 0 fully saturated rings. The summed E-state index contributed by atoms with van der Waals surface area (Å²) in [4.78, 5) is 13.8. The van der Waals surface area contributed by atoms with E-state index < -0.39 is 5.97 Å². The topological polar surface area (TPSA) is 29.5 Å². The van der Waals surface area contributed by atoms with E-state index >= 15 is 0 Å². The number of unbranched alkanes of at least 4 members (excludes halogenated alkanes) is 2. The summed E-state index contributed by atoms with van der Waals surface area (Å²) >= 11 is 0. The van der Waals surface area contributed by atoms with Gasteiger partial charge in [0.25, 0.3) is 0 Å². The standard InChI is InChI=1S/C23H28FNO2/c1-5-6-7-8-18-9-14-21(22(24)15-18)19-10-12-20(13-11-19)27-23(26)17(2)16-25(3)4/h9-15H,2,5-8,16H2,1,3-4H3. The minimum Gasteiger partial charge on any atom is -0.423 e. The van der Waals surface area contributed by atoms with Gasteiger partial charge in [0.05, 0.1) is 0 Å². The van der Waals surface area contributed by atoms with Gasteiger partial charge in [-0.05, 0) is 56.3 Å². The molecule has 0 heterocycles. The Labute approximate surface area is 161 Å². The molecule has 0 aliphatic rings. The van der Waals surface area contributed by atoms with Crippen LogP contribution in [0.3, 0.4) is 0 Å². The molecule has 144 valence electrons. The fraction of sp³-hybridized carbons (Fsp3) is 0.348. The average Bonchev–Trinajstić information content (AvgIpc) is 2.62. The Morgan fingerprint density at radius 2 is 1.81 bits per heavy atom. The number of carbonyl (C=O) groups is 1. The molecule has 0 radical (unpaired) electrons. The molecule has 2 aromatic rings. The summed E-state index contributed by atoms with van der Waals surface area (Å²) in [6.45, 7) is 6.33. The van der Waals surface area contributed by atoms with E-state index in [-0.39, 0.29) is 5.82 Å². The number of rotatable bonds is 9. The predicted octanol–water partition coefficient (Wildman–Crippen LogP) is 5.25. The summed E-state index contributed by atoms with van der Waals surface area (Å²) < 4.78 is 19.8. The normalized spacial score (nSPS) is 10.9. The fourth-order valence-electron chi connectivity index (χ4n) is 2.86. The van der Waals surface area contributed by atoms with Crippen molar-refractivity contribution in [2.45, 2.75) is 32.6 Å². The Hall–Kier alpha value is -2.46. The fourth-order valence-corrected chi connectivity index (χ4v) is 2.86. The van der Waals surface area contributed by atoms with Gasteiger partial charge >= 0.3 is 5.97 Å². The highest BCUT2D eigenvalue weighted by Crippen LogP contribution is 2.26. The molecule has 27 heavy (non-hydrogen) atoms. The number of benzene rings is 2. The van der Waals surface area contributed by atoms with Crippen molar-refractivity contribution in [2.24, 2.45) is 0 Å². The molecule has 0 spiro atoms. The molecule has 3 nitrogen and oxygen atoms in total. The van der Waals surface area contributed by atoms with Gasteiger partial charge in [-0.15, -0.1) is 0 Å². The number of likely N-dealkylation sites (N-methyl/N-ethyl adjacent to an activating group) is 1. The van der Waals surface area contributed by atoms with E-state index in [1.54, 1.807) is 30.3 Å². The summed E-state index contributed by atoms with van der Waals surface area (Å²) in [6, 6.07) is 12.3. The van der Waals surface area contributed by atoms with Crippen molar-refractivity contribution >= 4 is 5.97 Å². The number of hydrogen-bond donors (Lipinski definition) is 0. The van der Waals surface area contributed by atoms with Crippen LogP contribution in [-0.2, 0) is 11.2 Å². The van der Waals surface area contributed by atoms with Gasteiger partial charge in [-0.25, -0.2) is 9.18 Å². The first-order chi connectivity index (χ1) is 12.9. The molecule has 0 aliphatic carbocycles. The van der Waals surface area contributed by atoms with Crippen LogP contribution >= 0.6 is 0 Å². The molecule has 0 saturated carbocycles. The maximum absolute atomic E-state index is 14.5. The molecule has 0 saturated heterocycles. The van der Waals surface area contributed by atoms with Crippen LogP contribution in [0, 0.1) is 5.82 Å². The molecule has 0 bridgehead atoms. The Balaban J connectivity index is 2.04. The summed E-state index contributed by atoms with van der Waals surface area (Å²) in [6.07, 6.45) is 4.29. The maximum Gasteiger partial charge on any atom is 0.340 e. The second-order valence-corrected chi connectivity index (χ2v) is 7.03. The highest BCUT2D eigenvalue weighted by Gasteiger charge is 2.12. The largest absolute Gasteiger partial charge is 0.423 e. The molecule has 0 aromatic heterocycles. The van der Waals surface area contributed by atoms with Crippen LogP contribution in [-0.4, -0.2) is 31.5 Å². The van der Waals surface area contributed by atoms with Crippen molar-refractivity contribution in [1.29, 1.82) is 0 Å². The Kier molecular flexibility index (Phi) is 7.74. The molecular formula is C23H28FNO2. The predicted molar refractivity (Wildman–Crippen MR) is 108 cm³/mol. The van der Waals surface area contributed by atoms with Crippen molar-refractivity contribution in [1.82, 2.24) is 4.90 Å². The van der Waals surface area contributed by atoms with E-state index in [2.05, 4.69) is 13.5 Å². The lowest BCUT2D eigenvalue weighted by Crippen LogP contribution is -2.22. The van der Waals surface area contributed by atoms with E-state index in [4.69, 9.17) is 4.74 Å². The zero-order valence-corrected chi connectivity index (χ0v) is 16.4. The third-order valence-corrected chi connectivity index (χ3v) is 4.27. The van der Waals surface area contributed by atoms with Crippen LogP contribution in [0.15, 0.2) is 54.6 Å². The molecule has 2 aromatic carbocycles. The van der Waals surface area contributed by atoms with Crippen molar-refractivity contribution < 1.29 is 13.9 Å². The number of halogens is 1. The van der Waals surface area contributed by atoms with Crippen molar-refractivity contribution in [3.63, 3.8) is 0 Å². The first kappa shape index (κ1) is 20.8. The van der Waals surface area contributed by atoms with Gasteiger partial charge in [0, 0.05) is 17.7 Å². The van der Waals surface area contributed by atoms with E-state index in [0.717, 1.165) is 36.8 Å². The van der Waals surface area contributed by atoms with Crippen LogP contribution in [0.5, 0.6) is 5.75 Å². The number of carbonyl (C=O) groups excluding carboxylic acids is 1. The molecular weight excluding hydrogens is 341 g/mol. The summed E-state index contributed by atoms with van der Waals surface area (Å²) in [5.41, 5.74) is 2.70. The second kappa shape index (κ2) is 10.0. The van der Waals surface area contributed by atoms with Crippen LogP contribution in [0.1, 0.15) is 31.7 Å². The number of nitrogens with zero attached hydrogens (tertiary/aromatic N) is 1. The number of aryl methyl sites for hydroxylation is 1. The summed E-state index contributed by atoms with van der Waals surface area (Å²) in [7, 11) is 3.72. The zero-order valence-electron chi connectivity index (χ0n) is 16.4. The third-order valence-electron chi connectivity index (χ3n) is 4.27. The van der Waals surface area contributed by atoms with Crippen molar-refractivity contribution in [2.75, 3.05) is 20.6 Å². The molecule has 0 atom stereocenters. The SMILES string of the molecule is C=C(CN(C)C)C(=O)Oc1ccc(-c2ccc(CCCCC)cc2F)cc1. The average molecular weight is 369 g/mol. The van der Waals surface area contributed by atoms with Gasteiger partial charge in [-0.1, -0.05) is 50.6 Å². The van der Waals surface area contributed by atoms with Gasteiger partial charge in [0.15, 0.2) is 0 Å². The minimum atomic E-state index is -0.459. The first-order valence-electron chi connectivity index (χ1n) is 9.34. The quantitative estimate of drug-likeness (QED) is 0.262. The number of ether oxygens (including phenoxy) is 1. The van der Waals surface area contributed by atoms with Crippen LogP contribution in [0.4, 0.5) is 4.39 Å². The molecule has 2 rings (SSSR count). The smallest absolute Gasteiger partial charge is 0.340 e. The Morgan fingerprint density at radius 1 is 1.11 bits per heavy atom. The van der Waals surface area contributed by atoms with Gasteiger partial charge in [0.1, 0.15) is 11.6 Å². The molecule has 0 unspecified atom stereocenters. The van der Waals surface area contributed by atoms with Gasteiger partial charge in [-0.2, -0.15) is 0 Å². The van der Waals surface area contributed by atoms with E-state index in [1.165, 1.54) is 0 Å². The van der Waals surface area contributed by atoms with Gasteiger partial charge < -0.3 is 9.64 Å². The monoisotopic (exact) mass is 369 g/mol. The molecule has 0 N–H and O–H groups in total. The van der Waals surface area contributed by atoms with Gasteiger partial charge in [0.2, 0.25) is 0 Å². The van der Waals surface area contributed by atoms with E-state index in [1.807, 2.05) is 31.1 Å². The van der Waals surface area contributed by atoms with Crippen molar-refractivity contribution in [3.8, 4) is 16.9 Å².